The van der Waals surface area contributed by atoms with Crippen molar-refractivity contribution >= 4 is 15.7 Å². The fraction of sp³-hybridized carbons (Fsp3) is 0.409. The third-order valence-electron chi connectivity index (χ3n) is 5.01. The number of ether oxygens (including phenoxy) is 3. The van der Waals surface area contributed by atoms with E-state index in [1.165, 1.54) is 12.1 Å². The molecule has 2 aromatic rings. The van der Waals surface area contributed by atoms with Gasteiger partial charge in [0.1, 0.15) is 6.61 Å². The minimum atomic E-state index is -3.39. The molecule has 7 nitrogen and oxygen atoms in total. The molecule has 3 rings (SSSR count). The van der Waals surface area contributed by atoms with E-state index in [2.05, 4.69) is 5.32 Å². The Labute approximate surface area is 177 Å². The van der Waals surface area contributed by atoms with E-state index in [9.17, 15) is 13.2 Å². The van der Waals surface area contributed by atoms with Crippen LogP contribution in [-0.4, -0.2) is 47.0 Å². The molecule has 0 spiro atoms. The van der Waals surface area contributed by atoms with Crippen molar-refractivity contribution < 1.29 is 27.4 Å². The number of rotatable bonds is 8. The molecular weight excluding hydrogens is 406 g/mol. The molecule has 1 amide bonds. The summed E-state index contributed by atoms with van der Waals surface area (Å²) in [5.74, 6) is 0.866. The van der Waals surface area contributed by atoms with Crippen LogP contribution in [0.1, 0.15) is 34.3 Å². The van der Waals surface area contributed by atoms with Crippen LogP contribution in [-0.2, 0) is 21.1 Å². The molecule has 1 atom stereocenters. The van der Waals surface area contributed by atoms with Gasteiger partial charge in [-0.05, 0) is 55.2 Å². The maximum atomic E-state index is 12.6. The number of benzene rings is 2. The largest absolute Gasteiger partial charge is 0.493 e. The molecule has 0 bridgehead atoms. The number of nitrogens with one attached hydrogen (secondary N) is 1. The van der Waals surface area contributed by atoms with Crippen LogP contribution in [0.2, 0.25) is 0 Å². The molecule has 1 aliphatic heterocycles. The Balaban J connectivity index is 1.66. The number of sulfone groups is 1. The number of hydrogen-bond donors (Lipinski definition) is 1. The molecule has 0 radical (unpaired) electrons. The molecule has 0 aliphatic carbocycles. The van der Waals surface area contributed by atoms with Gasteiger partial charge in [-0.2, -0.15) is 0 Å². The molecule has 1 aliphatic rings. The molecule has 1 unspecified atom stereocenters. The average Bonchev–Trinajstić information content (AvgIpc) is 3.23. The molecule has 1 saturated heterocycles. The lowest BCUT2D eigenvalue weighted by atomic mass is 10.1. The summed E-state index contributed by atoms with van der Waals surface area (Å²) in [4.78, 5) is 12.7. The molecule has 0 saturated carbocycles. The van der Waals surface area contributed by atoms with Crippen LogP contribution in [0.3, 0.4) is 0 Å². The Morgan fingerprint density at radius 3 is 2.67 bits per heavy atom. The van der Waals surface area contributed by atoms with E-state index in [0.29, 0.717) is 29.2 Å². The topological polar surface area (TPSA) is 90.9 Å². The van der Waals surface area contributed by atoms with E-state index >= 15 is 0 Å². The number of carbonyl (C=O) groups excluding carboxylic acids is 1. The van der Waals surface area contributed by atoms with E-state index in [-0.39, 0.29) is 23.5 Å². The standard InChI is InChI=1S/C22H27NO6S/c1-15-6-8-18(30(3,25)26)12-19(15)22(24)23-13-16-7-9-20(21(11-16)27-2)29-14-17-5-4-10-28-17/h6-9,11-12,17H,4-5,10,13-14H2,1-3H3,(H,23,24). The Morgan fingerprint density at radius 1 is 1.20 bits per heavy atom. The van der Waals surface area contributed by atoms with Crippen molar-refractivity contribution in [2.75, 3.05) is 26.6 Å². The molecule has 1 heterocycles. The zero-order valence-electron chi connectivity index (χ0n) is 17.4. The zero-order chi connectivity index (χ0) is 21.7. The lowest BCUT2D eigenvalue weighted by Crippen LogP contribution is -2.24. The minimum absolute atomic E-state index is 0.111. The summed E-state index contributed by atoms with van der Waals surface area (Å²) in [6.45, 7) is 3.28. The number of aryl methyl sites for hydroxylation is 1. The summed E-state index contributed by atoms with van der Waals surface area (Å²) in [6, 6.07) is 10.0. The first-order chi connectivity index (χ1) is 14.3. The summed E-state index contributed by atoms with van der Waals surface area (Å²) in [5, 5.41) is 2.83. The Hall–Kier alpha value is -2.58. The average molecular weight is 434 g/mol. The third-order valence-corrected chi connectivity index (χ3v) is 6.12. The fourth-order valence-electron chi connectivity index (χ4n) is 3.25. The quantitative estimate of drug-likeness (QED) is 0.688. The van der Waals surface area contributed by atoms with E-state index in [1.807, 2.05) is 18.2 Å². The lowest BCUT2D eigenvalue weighted by molar-refractivity contribution is 0.0669. The molecule has 1 fully saturated rings. The number of methoxy groups -OCH3 is 1. The van der Waals surface area contributed by atoms with Crippen molar-refractivity contribution in [3.63, 3.8) is 0 Å². The van der Waals surface area contributed by atoms with Crippen LogP contribution >= 0.6 is 0 Å². The van der Waals surface area contributed by atoms with Crippen molar-refractivity contribution in [3.8, 4) is 11.5 Å². The maximum absolute atomic E-state index is 12.6. The van der Waals surface area contributed by atoms with Crippen molar-refractivity contribution in [1.82, 2.24) is 5.32 Å². The predicted octanol–water partition coefficient (Wildman–Crippen LogP) is 2.89. The van der Waals surface area contributed by atoms with Crippen molar-refractivity contribution in [2.45, 2.75) is 37.3 Å². The molecule has 0 aromatic heterocycles. The van der Waals surface area contributed by atoms with Crippen LogP contribution in [0.4, 0.5) is 0 Å². The first kappa shape index (κ1) is 22.1. The molecule has 8 heteroatoms. The second-order valence-corrected chi connectivity index (χ2v) is 9.38. The summed E-state index contributed by atoms with van der Waals surface area (Å²) < 4.78 is 40.4. The highest BCUT2D eigenvalue weighted by Crippen LogP contribution is 2.29. The monoisotopic (exact) mass is 433 g/mol. The second kappa shape index (κ2) is 9.49. The van der Waals surface area contributed by atoms with Gasteiger partial charge in [0.25, 0.3) is 5.91 Å². The SMILES string of the molecule is COc1cc(CNC(=O)c2cc(S(C)(=O)=O)ccc2C)ccc1OCC1CCCO1. The van der Waals surface area contributed by atoms with E-state index < -0.39 is 9.84 Å². The second-order valence-electron chi connectivity index (χ2n) is 7.36. The summed E-state index contributed by atoms with van der Waals surface area (Å²) in [7, 11) is -1.82. The minimum Gasteiger partial charge on any atom is -0.493 e. The van der Waals surface area contributed by atoms with Gasteiger partial charge in [0, 0.05) is 25.0 Å². The van der Waals surface area contributed by atoms with Gasteiger partial charge < -0.3 is 19.5 Å². The van der Waals surface area contributed by atoms with E-state index in [0.717, 1.165) is 31.3 Å². The van der Waals surface area contributed by atoms with Gasteiger partial charge in [0.05, 0.1) is 18.1 Å². The van der Waals surface area contributed by atoms with Gasteiger partial charge in [0.2, 0.25) is 0 Å². The van der Waals surface area contributed by atoms with Crippen LogP contribution < -0.4 is 14.8 Å². The fourth-order valence-corrected chi connectivity index (χ4v) is 3.90. The highest BCUT2D eigenvalue weighted by atomic mass is 32.2. The Kier molecular flexibility index (Phi) is 6.99. The predicted molar refractivity (Wildman–Crippen MR) is 113 cm³/mol. The molecule has 162 valence electrons. The van der Waals surface area contributed by atoms with E-state index in [1.54, 1.807) is 20.1 Å². The smallest absolute Gasteiger partial charge is 0.251 e. The van der Waals surface area contributed by atoms with Crippen LogP contribution in [0.15, 0.2) is 41.3 Å². The van der Waals surface area contributed by atoms with Gasteiger partial charge in [-0.1, -0.05) is 12.1 Å². The highest BCUT2D eigenvalue weighted by molar-refractivity contribution is 7.90. The lowest BCUT2D eigenvalue weighted by Gasteiger charge is -2.15. The number of carbonyl (C=O) groups is 1. The summed E-state index contributed by atoms with van der Waals surface area (Å²) in [5.41, 5.74) is 1.87. The molecule has 2 aromatic carbocycles. The Morgan fingerprint density at radius 2 is 2.00 bits per heavy atom. The van der Waals surface area contributed by atoms with Crippen LogP contribution in [0.5, 0.6) is 11.5 Å². The van der Waals surface area contributed by atoms with E-state index in [4.69, 9.17) is 14.2 Å². The first-order valence-corrected chi connectivity index (χ1v) is 11.7. The third kappa shape index (κ3) is 5.52. The number of amides is 1. The molecule has 30 heavy (non-hydrogen) atoms. The zero-order valence-corrected chi connectivity index (χ0v) is 18.3. The Bertz CT molecular complexity index is 1010. The maximum Gasteiger partial charge on any atom is 0.251 e. The molecular formula is C22H27NO6S. The highest BCUT2D eigenvalue weighted by Gasteiger charge is 2.18. The van der Waals surface area contributed by atoms with Gasteiger partial charge in [-0.25, -0.2) is 8.42 Å². The summed E-state index contributed by atoms with van der Waals surface area (Å²) in [6.07, 6.45) is 3.27. The van der Waals surface area contributed by atoms with Crippen molar-refractivity contribution in [3.05, 3.63) is 53.1 Å². The van der Waals surface area contributed by atoms with Gasteiger partial charge in [-0.3, -0.25) is 4.79 Å². The van der Waals surface area contributed by atoms with Crippen molar-refractivity contribution in [2.24, 2.45) is 0 Å². The summed E-state index contributed by atoms with van der Waals surface area (Å²) >= 11 is 0. The van der Waals surface area contributed by atoms with Gasteiger partial charge >= 0.3 is 0 Å². The van der Waals surface area contributed by atoms with Crippen LogP contribution in [0.25, 0.3) is 0 Å². The van der Waals surface area contributed by atoms with Gasteiger partial charge in [-0.15, -0.1) is 0 Å². The normalized spacial score (nSPS) is 16.3. The van der Waals surface area contributed by atoms with Gasteiger partial charge in [0.15, 0.2) is 21.3 Å². The number of hydrogen-bond acceptors (Lipinski definition) is 6. The first-order valence-electron chi connectivity index (χ1n) is 9.78. The molecule has 1 N–H and O–H groups in total. The van der Waals surface area contributed by atoms with Crippen molar-refractivity contribution in [1.29, 1.82) is 0 Å². The van der Waals surface area contributed by atoms with Crippen LogP contribution in [0, 0.1) is 6.92 Å².